The van der Waals surface area contributed by atoms with E-state index in [0.29, 0.717) is 30.4 Å². The van der Waals surface area contributed by atoms with Crippen molar-refractivity contribution in [2.45, 2.75) is 38.8 Å². The number of fused-ring (bicyclic) bond motifs is 2. The summed E-state index contributed by atoms with van der Waals surface area (Å²) in [5.41, 5.74) is 2.12. The fourth-order valence-corrected chi connectivity index (χ4v) is 5.55. The molecular weight excluding hydrogens is 504 g/mol. The van der Waals surface area contributed by atoms with Crippen LogP contribution in [0.2, 0.25) is 0 Å². The van der Waals surface area contributed by atoms with E-state index < -0.39 is 18.1 Å². The summed E-state index contributed by atoms with van der Waals surface area (Å²) in [5.74, 6) is -0.114. The maximum Gasteiger partial charge on any atom is 0.266 e. The number of para-hydroxylation sites is 1. The fraction of sp³-hybridized carbons (Fsp3) is 0.273. The van der Waals surface area contributed by atoms with Crippen LogP contribution < -0.4 is 19.4 Å². The van der Waals surface area contributed by atoms with Crippen LogP contribution in [0.15, 0.2) is 91.0 Å². The molecule has 0 bridgehead atoms. The molecule has 2 aliphatic heterocycles. The molecule has 2 aliphatic rings. The molecule has 0 unspecified atom stereocenters. The first-order chi connectivity index (χ1) is 19.6. The van der Waals surface area contributed by atoms with Crippen molar-refractivity contribution >= 4 is 34.0 Å². The molecule has 2 amide bonds. The summed E-state index contributed by atoms with van der Waals surface area (Å²) in [6, 6.07) is 28.3. The molecular formula is C33H32N2O5. The first kappa shape index (κ1) is 25.9. The zero-order valence-corrected chi connectivity index (χ0v) is 22.7. The molecule has 40 heavy (non-hydrogen) atoms. The van der Waals surface area contributed by atoms with Crippen LogP contribution in [0.25, 0.3) is 10.8 Å². The van der Waals surface area contributed by atoms with Gasteiger partial charge in [0.2, 0.25) is 5.91 Å². The van der Waals surface area contributed by atoms with Gasteiger partial charge in [-0.05, 0) is 66.1 Å². The summed E-state index contributed by atoms with van der Waals surface area (Å²) in [7, 11) is 0. The second-order valence-electron chi connectivity index (χ2n) is 10.0. The van der Waals surface area contributed by atoms with Gasteiger partial charge in [0, 0.05) is 0 Å². The number of amides is 2. The number of imide groups is 1. The molecule has 0 N–H and O–H groups in total. The summed E-state index contributed by atoms with van der Waals surface area (Å²) >= 11 is 0. The summed E-state index contributed by atoms with van der Waals surface area (Å²) < 4.78 is 11.9. The number of hydrogen-bond acceptors (Lipinski definition) is 6. The number of hydroxylamine groups is 1. The van der Waals surface area contributed by atoms with Crippen LogP contribution in [-0.2, 0) is 14.4 Å². The molecule has 7 nitrogen and oxygen atoms in total. The highest BCUT2D eigenvalue weighted by molar-refractivity contribution is 6.24. The smallest absolute Gasteiger partial charge is 0.266 e. The Hall–Kier alpha value is -4.36. The lowest BCUT2D eigenvalue weighted by Crippen LogP contribution is -2.37. The minimum Gasteiger partial charge on any atom is -0.490 e. The van der Waals surface area contributed by atoms with Gasteiger partial charge in [-0.25, -0.2) is 9.96 Å². The van der Waals surface area contributed by atoms with Crippen molar-refractivity contribution in [3.8, 4) is 11.5 Å². The topological polar surface area (TPSA) is 68.3 Å². The van der Waals surface area contributed by atoms with Crippen molar-refractivity contribution in [1.29, 1.82) is 0 Å². The molecule has 2 heterocycles. The summed E-state index contributed by atoms with van der Waals surface area (Å²) in [5, 5.41) is 3.70. The number of carbonyl (C=O) groups is 2. The van der Waals surface area contributed by atoms with E-state index in [0.717, 1.165) is 34.9 Å². The molecule has 0 saturated carbocycles. The fourth-order valence-electron chi connectivity index (χ4n) is 5.55. The number of ether oxygens (including phenoxy) is 2. The maximum absolute atomic E-state index is 14.1. The molecule has 0 aliphatic carbocycles. The molecule has 4 aromatic carbocycles. The van der Waals surface area contributed by atoms with E-state index in [9.17, 15) is 9.59 Å². The van der Waals surface area contributed by atoms with E-state index in [4.69, 9.17) is 14.3 Å². The van der Waals surface area contributed by atoms with Gasteiger partial charge in [0.25, 0.3) is 5.91 Å². The average Bonchev–Trinajstić information content (AvgIpc) is 3.49. The van der Waals surface area contributed by atoms with Gasteiger partial charge in [0.1, 0.15) is 5.92 Å². The molecule has 2 saturated heterocycles. The number of carbonyl (C=O) groups excluding carboxylic acids is 2. The van der Waals surface area contributed by atoms with E-state index in [2.05, 4.69) is 6.92 Å². The highest BCUT2D eigenvalue weighted by Crippen LogP contribution is 2.49. The third-order valence-electron chi connectivity index (χ3n) is 7.48. The first-order valence-electron chi connectivity index (χ1n) is 13.9. The average molecular weight is 537 g/mol. The molecule has 0 radical (unpaired) electrons. The molecule has 3 atom stereocenters. The molecule has 0 spiro atoms. The van der Waals surface area contributed by atoms with Crippen LogP contribution in [0.1, 0.15) is 38.3 Å². The van der Waals surface area contributed by atoms with Gasteiger partial charge in [-0.3, -0.25) is 14.4 Å². The van der Waals surface area contributed by atoms with Gasteiger partial charge in [-0.15, -0.1) is 0 Å². The summed E-state index contributed by atoms with van der Waals surface area (Å²) in [4.78, 5) is 35.5. The third-order valence-corrected chi connectivity index (χ3v) is 7.48. The van der Waals surface area contributed by atoms with Crippen molar-refractivity contribution in [2.24, 2.45) is 5.92 Å². The monoisotopic (exact) mass is 536 g/mol. The van der Waals surface area contributed by atoms with Crippen molar-refractivity contribution in [1.82, 2.24) is 0 Å². The first-order valence-corrected chi connectivity index (χ1v) is 13.9. The highest BCUT2D eigenvalue weighted by atomic mass is 16.7. The molecule has 2 fully saturated rings. The molecule has 0 aromatic heterocycles. The Morgan fingerprint density at radius 2 is 1.52 bits per heavy atom. The van der Waals surface area contributed by atoms with Gasteiger partial charge < -0.3 is 9.47 Å². The normalized spacial score (nSPS) is 20.3. The lowest BCUT2D eigenvalue weighted by molar-refractivity contribution is -0.126. The van der Waals surface area contributed by atoms with Crippen LogP contribution in [-0.4, -0.2) is 31.1 Å². The highest BCUT2D eigenvalue weighted by Gasteiger charge is 2.60. The number of benzene rings is 4. The Bertz CT molecular complexity index is 1540. The van der Waals surface area contributed by atoms with Gasteiger partial charge in [0.15, 0.2) is 17.6 Å². The predicted molar refractivity (Wildman–Crippen MR) is 154 cm³/mol. The Labute approximate surface area is 233 Å². The van der Waals surface area contributed by atoms with E-state index in [1.165, 1.54) is 4.90 Å². The van der Waals surface area contributed by atoms with E-state index in [-0.39, 0.29) is 11.8 Å². The van der Waals surface area contributed by atoms with E-state index in [1.54, 1.807) is 5.06 Å². The van der Waals surface area contributed by atoms with Crippen LogP contribution in [0.5, 0.6) is 11.5 Å². The maximum atomic E-state index is 14.1. The molecule has 7 heteroatoms. The van der Waals surface area contributed by atoms with Crippen LogP contribution in [0.4, 0.5) is 11.4 Å². The SMILES string of the molecule is CCCCOc1ccc([C@H]2[C@@H]3C(=O)N(c4ccc5ccccc5c4)C(=O)[C@H]3ON2c2ccccc2)cc1OCC. The molecule has 6 rings (SSSR count). The Morgan fingerprint density at radius 1 is 0.750 bits per heavy atom. The van der Waals surface area contributed by atoms with Crippen LogP contribution in [0.3, 0.4) is 0 Å². The lowest BCUT2D eigenvalue weighted by Gasteiger charge is -2.29. The van der Waals surface area contributed by atoms with E-state index >= 15 is 0 Å². The quantitative estimate of drug-likeness (QED) is 0.180. The Balaban J connectivity index is 1.40. The molecule has 204 valence electrons. The number of hydrogen-bond donors (Lipinski definition) is 0. The minimum absolute atomic E-state index is 0.282. The zero-order valence-electron chi connectivity index (χ0n) is 22.7. The second kappa shape index (κ2) is 11.0. The number of anilines is 2. The van der Waals surface area contributed by atoms with Crippen molar-refractivity contribution < 1.29 is 23.9 Å². The van der Waals surface area contributed by atoms with Crippen molar-refractivity contribution in [2.75, 3.05) is 23.2 Å². The van der Waals surface area contributed by atoms with E-state index in [1.807, 2.05) is 97.9 Å². The zero-order chi connectivity index (χ0) is 27.6. The lowest BCUT2D eigenvalue weighted by atomic mass is 9.90. The third kappa shape index (κ3) is 4.56. The predicted octanol–water partition coefficient (Wildman–Crippen LogP) is 6.47. The Morgan fingerprint density at radius 3 is 2.30 bits per heavy atom. The largest absolute Gasteiger partial charge is 0.490 e. The number of unbranched alkanes of at least 4 members (excludes halogenated alkanes) is 1. The summed E-state index contributed by atoms with van der Waals surface area (Å²) in [6.45, 7) is 5.10. The standard InChI is InChI=1S/C33H32N2O5/c1-3-5-19-39-27-18-16-24(21-28(27)38-4-2)30-29-31(40-35(30)25-13-7-6-8-14-25)33(37)34(32(29)36)26-17-15-22-11-9-10-12-23(22)20-26/h6-18,20-21,29-31H,3-5,19H2,1-2H3/t29-,30-,31-/m0/s1. The van der Waals surface area contributed by atoms with Gasteiger partial charge in [-0.2, -0.15) is 0 Å². The molecule has 4 aromatic rings. The van der Waals surface area contributed by atoms with Gasteiger partial charge >= 0.3 is 0 Å². The number of rotatable bonds is 9. The van der Waals surface area contributed by atoms with Crippen molar-refractivity contribution in [3.63, 3.8) is 0 Å². The van der Waals surface area contributed by atoms with Crippen molar-refractivity contribution in [3.05, 3.63) is 96.6 Å². The summed E-state index contributed by atoms with van der Waals surface area (Å²) in [6.07, 6.45) is 1.02. The Kier molecular flexibility index (Phi) is 7.13. The van der Waals surface area contributed by atoms with Gasteiger partial charge in [0.05, 0.1) is 30.6 Å². The minimum atomic E-state index is -0.944. The van der Waals surface area contributed by atoms with Crippen LogP contribution in [0, 0.1) is 5.92 Å². The van der Waals surface area contributed by atoms with Crippen LogP contribution >= 0.6 is 0 Å². The van der Waals surface area contributed by atoms with Gasteiger partial charge in [-0.1, -0.05) is 67.9 Å². The second-order valence-corrected chi connectivity index (χ2v) is 10.0. The number of nitrogens with zero attached hydrogens (tertiary/aromatic N) is 2.